The molecule has 23 heavy (non-hydrogen) atoms. The fourth-order valence-corrected chi connectivity index (χ4v) is 2.83. The Morgan fingerprint density at radius 2 is 1.96 bits per heavy atom. The van der Waals surface area contributed by atoms with E-state index >= 15 is 0 Å². The number of nitrogens with zero attached hydrogens (tertiary/aromatic N) is 2. The van der Waals surface area contributed by atoms with Gasteiger partial charge in [0.05, 0.1) is 17.4 Å². The molecule has 1 N–H and O–H groups in total. The summed E-state index contributed by atoms with van der Waals surface area (Å²) in [4.78, 5) is 4.40. The highest BCUT2D eigenvalue weighted by Crippen LogP contribution is 2.33. The molecule has 1 aliphatic rings. The summed E-state index contributed by atoms with van der Waals surface area (Å²) in [5.41, 5.74) is 4.81. The van der Waals surface area contributed by atoms with Crippen molar-refractivity contribution in [3.8, 4) is 11.1 Å². The van der Waals surface area contributed by atoms with Gasteiger partial charge in [-0.1, -0.05) is 30.4 Å². The standard InChI is InChI=1S/C19H14FN3.H2/c20-14-5-3-4-13(8-9-14)19-17(12-22-23-19)15-10-11-21-18-7-2-1-6-16(15)18;/h1-2,4-12H,3H2,(H,22,23);1H. The number of allylic oxidation sites excluding steroid dienone is 6. The van der Waals surface area contributed by atoms with Gasteiger partial charge in [-0.3, -0.25) is 10.1 Å². The van der Waals surface area contributed by atoms with Gasteiger partial charge >= 0.3 is 0 Å². The van der Waals surface area contributed by atoms with Crippen LogP contribution in [-0.4, -0.2) is 15.2 Å². The van der Waals surface area contributed by atoms with Crippen LogP contribution in [0.15, 0.2) is 72.9 Å². The fourth-order valence-electron chi connectivity index (χ4n) is 2.83. The molecule has 4 heteroatoms. The zero-order valence-electron chi connectivity index (χ0n) is 12.3. The first-order valence-electron chi connectivity index (χ1n) is 7.45. The van der Waals surface area contributed by atoms with Gasteiger partial charge in [-0.15, -0.1) is 0 Å². The SMILES string of the molecule is FC1=CCC=C(c2[nH]ncc2-c2ccnc3ccccc23)C=C1.[HH]. The largest absolute Gasteiger partial charge is 0.277 e. The number of nitrogens with one attached hydrogen (secondary N) is 1. The number of hydrogen-bond donors (Lipinski definition) is 1. The first-order chi connectivity index (χ1) is 11.3. The number of pyridine rings is 1. The molecule has 4 rings (SSSR count). The number of benzene rings is 1. The molecule has 0 bridgehead atoms. The Morgan fingerprint density at radius 3 is 2.91 bits per heavy atom. The lowest BCUT2D eigenvalue weighted by Crippen LogP contribution is -1.88. The molecule has 0 saturated heterocycles. The second kappa shape index (κ2) is 5.65. The van der Waals surface area contributed by atoms with Crippen molar-refractivity contribution in [2.75, 3.05) is 0 Å². The zero-order chi connectivity index (χ0) is 15.6. The number of rotatable bonds is 2. The van der Waals surface area contributed by atoms with E-state index in [-0.39, 0.29) is 7.25 Å². The maximum absolute atomic E-state index is 13.4. The van der Waals surface area contributed by atoms with Crippen LogP contribution in [0.1, 0.15) is 13.5 Å². The second-order valence-electron chi connectivity index (χ2n) is 5.35. The summed E-state index contributed by atoms with van der Waals surface area (Å²) in [7, 11) is 0. The van der Waals surface area contributed by atoms with Crippen molar-refractivity contribution in [2.24, 2.45) is 0 Å². The minimum atomic E-state index is -0.216. The number of H-pyrrole nitrogens is 1. The molecule has 0 unspecified atom stereocenters. The Bertz CT molecular complexity index is 964. The van der Waals surface area contributed by atoms with Crippen LogP contribution in [0.5, 0.6) is 0 Å². The molecule has 1 aromatic carbocycles. The van der Waals surface area contributed by atoms with Crippen molar-refractivity contribution in [3.63, 3.8) is 0 Å². The van der Waals surface area contributed by atoms with Crippen LogP contribution in [0.25, 0.3) is 27.6 Å². The molecule has 1 aliphatic carbocycles. The van der Waals surface area contributed by atoms with E-state index in [9.17, 15) is 4.39 Å². The van der Waals surface area contributed by atoms with Gasteiger partial charge in [-0.25, -0.2) is 4.39 Å². The Labute approximate surface area is 134 Å². The molecular weight excluding hydrogens is 289 g/mol. The Morgan fingerprint density at radius 1 is 1.04 bits per heavy atom. The maximum atomic E-state index is 13.4. The smallest absolute Gasteiger partial charge is 0.119 e. The summed E-state index contributed by atoms with van der Waals surface area (Å²) in [6, 6.07) is 9.99. The van der Waals surface area contributed by atoms with Crippen LogP contribution >= 0.6 is 0 Å². The molecule has 2 aromatic heterocycles. The van der Waals surface area contributed by atoms with Gasteiger partial charge in [0.25, 0.3) is 0 Å². The molecule has 114 valence electrons. The normalized spacial score (nSPS) is 14.5. The quantitative estimate of drug-likeness (QED) is 0.718. The zero-order valence-corrected chi connectivity index (χ0v) is 12.3. The van der Waals surface area contributed by atoms with Crippen molar-refractivity contribution in [3.05, 3.63) is 78.6 Å². The summed E-state index contributed by atoms with van der Waals surface area (Å²) < 4.78 is 13.4. The van der Waals surface area contributed by atoms with E-state index in [4.69, 9.17) is 0 Å². The van der Waals surface area contributed by atoms with E-state index < -0.39 is 0 Å². The number of halogens is 1. The third-order valence-corrected chi connectivity index (χ3v) is 3.94. The van der Waals surface area contributed by atoms with Crippen LogP contribution in [0.3, 0.4) is 0 Å². The third kappa shape index (κ3) is 2.48. The van der Waals surface area contributed by atoms with Gasteiger partial charge in [0.15, 0.2) is 0 Å². The fraction of sp³-hybridized carbons (Fsp3) is 0.0526. The van der Waals surface area contributed by atoms with E-state index in [0.717, 1.165) is 33.3 Å². The summed E-state index contributed by atoms with van der Waals surface area (Å²) in [6.07, 6.45) is 11.0. The predicted octanol–water partition coefficient (Wildman–Crippen LogP) is 5.07. The monoisotopic (exact) mass is 305 g/mol. The van der Waals surface area contributed by atoms with E-state index in [1.54, 1.807) is 24.5 Å². The summed E-state index contributed by atoms with van der Waals surface area (Å²) in [5, 5.41) is 8.31. The van der Waals surface area contributed by atoms with Crippen molar-refractivity contribution in [1.29, 1.82) is 0 Å². The van der Waals surface area contributed by atoms with E-state index in [1.807, 2.05) is 36.4 Å². The van der Waals surface area contributed by atoms with E-state index in [2.05, 4.69) is 15.2 Å². The maximum Gasteiger partial charge on any atom is 0.119 e. The average molecular weight is 305 g/mol. The average Bonchev–Trinajstić information content (AvgIpc) is 2.97. The molecule has 0 radical (unpaired) electrons. The molecule has 0 amide bonds. The summed E-state index contributed by atoms with van der Waals surface area (Å²) >= 11 is 0. The van der Waals surface area contributed by atoms with Gasteiger partial charge in [-0.2, -0.15) is 5.10 Å². The van der Waals surface area contributed by atoms with Gasteiger partial charge in [0, 0.05) is 18.6 Å². The van der Waals surface area contributed by atoms with Crippen LogP contribution in [-0.2, 0) is 0 Å². The molecular formula is C19H16FN3. The highest BCUT2D eigenvalue weighted by Gasteiger charge is 2.14. The summed E-state index contributed by atoms with van der Waals surface area (Å²) in [6.45, 7) is 0. The number of para-hydroxylation sites is 1. The molecule has 2 heterocycles. The van der Waals surface area contributed by atoms with Gasteiger partial charge in [0.1, 0.15) is 5.83 Å². The number of hydrogen-bond acceptors (Lipinski definition) is 2. The van der Waals surface area contributed by atoms with Gasteiger partial charge < -0.3 is 0 Å². The Kier molecular flexibility index (Phi) is 3.35. The number of aromatic amines is 1. The highest BCUT2D eigenvalue weighted by molar-refractivity contribution is 5.97. The predicted molar refractivity (Wildman–Crippen MR) is 92.4 cm³/mol. The Hall–Kier alpha value is -3.01. The summed E-state index contributed by atoms with van der Waals surface area (Å²) in [5.74, 6) is -0.216. The molecule has 3 aromatic rings. The minimum Gasteiger partial charge on any atom is -0.277 e. The van der Waals surface area contributed by atoms with Crippen LogP contribution in [0, 0.1) is 0 Å². The first-order valence-corrected chi connectivity index (χ1v) is 7.45. The first kappa shape index (κ1) is 13.6. The molecule has 0 saturated carbocycles. The molecule has 0 spiro atoms. The second-order valence-corrected chi connectivity index (χ2v) is 5.35. The van der Waals surface area contributed by atoms with Crippen molar-refractivity contribution in [2.45, 2.75) is 6.42 Å². The highest BCUT2D eigenvalue weighted by atomic mass is 19.1. The minimum absolute atomic E-state index is 0. The lowest BCUT2D eigenvalue weighted by atomic mass is 9.98. The van der Waals surface area contributed by atoms with Gasteiger partial charge in [-0.05, 0) is 41.8 Å². The third-order valence-electron chi connectivity index (χ3n) is 3.94. The number of aromatic nitrogens is 3. The molecule has 3 nitrogen and oxygen atoms in total. The van der Waals surface area contributed by atoms with Crippen LogP contribution in [0.2, 0.25) is 0 Å². The van der Waals surface area contributed by atoms with Crippen molar-refractivity contribution >= 4 is 16.5 Å². The van der Waals surface area contributed by atoms with Gasteiger partial charge in [0.2, 0.25) is 0 Å². The molecule has 0 fully saturated rings. The van der Waals surface area contributed by atoms with Crippen molar-refractivity contribution < 1.29 is 5.82 Å². The van der Waals surface area contributed by atoms with Crippen LogP contribution in [0.4, 0.5) is 4.39 Å². The molecule has 0 aliphatic heterocycles. The van der Waals surface area contributed by atoms with Crippen molar-refractivity contribution in [1.82, 2.24) is 15.2 Å². The van der Waals surface area contributed by atoms with E-state index in [1.165, 1.54) is 6.08 Å². The molecule has 0 atom stereocenters. The lowest BCUT2D eigenvalue weighted by Gasteiger charge is -2.07. The number of fused-ring (bicyclic) bond motifs is 1. The topological polar surface area (TPSA) is 41.6 Å². The Balaban J connectivity index is 0.00000169. The van der Waals surface area contributed by atoms with E-state index in [0.29, 0.717) is 6.42 Å². The van der Waals surface area contributed by atoms with Crippen LogP contribution < -0.4 is 0 Å². The lowest BCUT2D eigenvalue weighted by molar-refractivity contribution is 0.663.